The molecule has 0 bridgehead atoms. The van der Waals surface area contributed by atoms with Crippen LogP contribution in [0.3, 0.4) is 0 Å². The predicted molar refractivity (Wildman–Crippen MR) is 47.8 cm³/mol. The van der Waals surface area contributed by atoms with Crippen LogP contribution in [0.25, 0.3) is 0 Å². The van der Waals surface area contributed by atoms with Crippen molar-refractivity contribution in [2.24, 2.45) is 0 Å². The van der Waals surface area contributed by atoms with E-state index in [1.165, 1.54) is 5.56 Å². The van der Waals surface area contributed by atoms with Crippen molar-refractivity contribution in [3.05, 3.63) is 24.0 Å². The van der Waals surface area contributed by atoms with Gasteiger partial charge in [-0.25, -0.2) is 0 Å². The molecule has 0 atom stereocenters. The molecule has 0 aromatic carbocycles. The van der Waals surface area contributed by atoms with Crippen LogP contribution in [0.5, 0.6) is 0 Å². The fourth-order valence-electron chi connectivity index (χ4n) is 0.894. The quantitative estimate of drug-likeness (QED) is 0.541. The number of nitrogens with zero attached hydrogens (tertiary/aromatic N) is 1. The lowest BCUT2D eigenvalue weighted by Gasteiger charge is -2.10. The van der Waals surface area contributed by atoms with Gasteiger partial charge in [0, 0.05) is 18.9 Å². The fourth-order valence-corrected chi connectivity index (χ4v) is 1.01. The summed E-state index contributed by atoms with van der Waals surface area (Å²) in [4.78, 5) is 5.10. The summed E-state index contributed by atoms with van der Waals surface area (Å²) in [7, 11) is 2.01. The SMILES string of the molecule is CN(CCl)CCc1cc[nH]c1. The molecule has 0 fully saturated rings. The minimum atomic E-state index is 0.602. The van der Waals surface area contributed by atoms with Crippen molar-refractivity contribution in [3.63, 3.8) is 0 Å². The summed E-state index contributed by atoms with van der Waals surface area (Å²) in [5.74, 6) is 0. The smallest absolute Gasteiger partial charge is 0.0736 e. The van der Waals surface area contributed by atoms with Gasteiger partial charge in [-0.2, -0.15) is 0 Å². The first kappa shape index (κ1) is 8.62. The Balaban J connectivity index is 2.23. The van der Waals surface area contributed by atoms with Gasteiger partial charge in [-0.15, -0.1) is 11.6 Å². The van der Waals surface area contributed by atoms with E-state index in [2.05, 4.69) is 16.0 Å². The lowest BCUT2D eigenvalue weighted by atomic mass is 10.2. The lowest BCUT2D eigenvalue weighted by molar-refractivity contribution is 0.394. The highest BCUT2D eigenvalue weighted by Crippen LogP contribution is 1.98. The molecular weight excluding hydrogens is 160 g/mol. The van der Waals surface area contributed by atoms with Gasteiger partial charge in [0.25, 0.3) is 0 Å². The Labute approximate surface area is 72.2 Å². The first-order chi connectivity index (χ1) is 5.33. The van der Waals surface area contributed by atoms with E-state index >= 15 is 0 Å². The number of rotatable bonds is 4. The molecule has 0 amide bonds. The van der Waals surface area contributed by atoms with E-state index in [1.54, 1.807) is 0 Å². The van der Waals surface area contributed by atoms with Gasteiger partial charge in [0.05, 0.1) is 6.00 Å². The Bertz CT molecular complexity index is 184. The van der Waals surface area contributed by atoms with Crippen LogP contribution in [0.1, 0.15) is 5.56 Å². The van der Waals surface area contributed by atoms with Gasteiger partial charge in [-0.3, -0.25) is 4.90 Å². The van der Waals surface area contributed by atoms with Gasteiger partial charge in [-0.05, 0) is 25.1 Å². The second-order valence-corrected chi connectivity index (χ2v) is 2.91. The van der Waals surface area contributed by atoms with Gasteiger partial charge >= 0.3 is 0 Å². The molecule has 1 rings (SSSR count). The maximum Gasteiger partial charge on any atom is 0.0736 e. The number of hydrogen-bond donors (Lipinski definition) is 1. The van der Waals surface area contributed by atoms with Crippen LogP contribution in [0.2, 0.25) is 0 Å². The molecule has 0 radical (unpaired) electrons. The largest absolute Gasteiger partial charge is 0.367 e. The summed E-state index contributed by atoms with van der Waals surface area (Å²) in [6.45, 7) is 1.02. The van der Waals surface area contributed by atoms with E-state index in [1.807, 2.05) is 19.4 Å². The number of hydrogen-bond acceptors (Lipinski definition) is 1. The third-order valence-electron chi connectivity index (χ3n) is 1.65. The van der Waals surface area contributed by atoms with E-state index < -0.39 is 0 Å². The van der Waals surface area contributed by atoms with Crippen LogP contribution in [0.15, 0.2) is 18.5 Å². The maximum absolute atomic E-state index is 5.61. The summed E-state index contributed by atoms with van der Waals surface area (Å²) in [5.41, 5.74) is 1.34. The number of alkyl halides is 1. The molecule has 1 aromatic rings. The average molecular weight is 173 g/mol. The first-order valence-electron chi connectivity index (χ1n) is 3.69. The number of H-pyrrole nitrogens is 1. The molecule has 11 heavy (non-hydrogen) atoms. The normalized spacial score (nSPS) is 10.8. The van der Waals surface area contributed by atoms with Gasteiger partial charge < -0.3 is 4.98 Å². The van der Waals surface area contributed by atoms with Crippen molar-refractivity contribution in [3.8, 4) is 0 Å². The molecule has 0 aliphatic heterocycles. The number of aromatic amines is 1. The van der Waals surface area contributed by atoms with Crippen molar-refractivity contribution in [1.82, 2.24) is 9.88 Å². The third-order valence-corrected chi connectivity index (χ3v) is 2.06. The van der Waals surface area contributed by atoms with Crippen LogP contribution in [-0.4, -0.2) is 29.5 Å². The molecule has 62 valence electrons. The Morgan fingerprint density at radius 3 is 3.00 bits per heavy atom. The Morgan fingerprint density at radius 1 is 1.64 bits per heavy atom. The average Bonchev–Trinajstić information content (AvgIpc) is 2.52. The zero-order valence-electron chi connectivity index (χ0n) is 6.68. The minimum absolute atomic E-state index is 0.602. The standard InChI is InChI=1S/C8H13ClN2/c1-11(7-9)5-3-8-2-4-10-6-8/h2,4,6,10H,3,5,7H2,1H3. The topological polar surface area (TPSA) is 19.0 Å². The van der Waals surface area contributed by atoms with Crippen LogP contribution in [-0.2, 0) is 6.42 Å². The Morgan fingerprint density at radius 2 is 2.45 bits per heavy atom. The van der Waals surface area contributed by atoms with Gasteiger partial charge in [0.1, 0.15) is 0 Å². The number of halogens is 1. The molecule has 0 unspecified atom stereocenters. The van der Waals surface area contributed by atoms with E-state index in [0.29, 0.717) is 6.00 Å². The van der Waals surface area contributed by atoms with Gasteiger partial charge in [0.15, 0.2) is 0 Å². The molecule has 3 heteroatoms. The summed E-state index contributed by atoms with van der Waals surface area (Å²) in [5, 5.41) is 0. The van der Waals surface area contributed by atoms with Crippen LogP contribution in [0, 0.1) is 0 Å². The highest BCUT2D eigenvalue weighted by atomic mass is 35.5. The number of aromatic nitrogens is 1. The lowest BCUT2D eigenvalue weighted by Crippen LogP contribution is -2.18. The van der Waals surface area contributed by atoms with Gasteiger partial charge in [0.2, 0.25) is 0 Å². The molecule has 1 N–H and O–H groups in total. The monoisotopic (exact) mass is 172 g/mol. The van der Waals surface area contributed by atoms with E-state index in [4.69, 9.17) is 11.6 Å². The molecular formula is C8H13ClN2. The Kier molecular flexibility index (Phi) is 3.46. The Hall–Kier alpha value is -0.470. The molecule has 1 aromatic heterocycles. The van der Waals surface area contributed by atoms with Crippen LogP contribution < -0.4 is 0 Å². The van der Waals surface area contributed by atoms with E-state index in [9.17, 15) is 0 Å². The summed E-state index contributed by atoms with van der Waals surface area (Å²) in [6.07, 6.45) is 5.02. The molecule has 0 aliphatic carbocycles. The zero-order valence-corrected chi connectivity index (χ0v) is 7.43. The van der Waals surface area contributed by atoms with E-state index in [0.717, 1.165) is 13.0 Å². The van der Waals surface area contributed by atoms with Crippen molar-refractivity contribution >= 4 is 11.6 Å². The maximum atomic E-state index is 5.61. The van der Waals surface area contributed by atoms with E-state index in [-0.39, 0.29) is 0 Å². The first-order valence-corrected chi connectivity index (χ1v) is 4.22. The second-order valence-electron chi connectivity index (χ2n) is 2.67. The molecule has 0 saturated heterocycles. The highest BCUT2D eigenvalue weighted by Gasteiger charge is 1.96. The molecule has 1 heterocycles. The molecule has 0 saturated carbocycles. The predicted octanol–water partition coefficient (Wildman–Crippen LogP) is 1.69. The van der Waals surface area contributed by atoms with Gasteiger partial charge in [-0.1, -0.05) is 0 Å². The van der Waals surface area contributed by atoms with Crippen LogP contribution in [0.4, 0.5) is 0 Å². The summed E-state index contributed by atoms with van der Waals surface area (Å²) >= 11 is 5.61. The number of nitrogens with one attached hydrogen (secondary N) is 1. The summed E-state index contributed by atoms with van der Waals surface area (Å²) < 4.78 is 0. The fraction of sp³-hybridized carbons (Fsp3) is 0.500. The van der Waals surface area contributed by atoms with Crippen molar-refractivity contribution < 1.29 is 0 Å². The molecule has 2 nitrogen and oxygen atoms in total. The summed E-state index contributed by atoms with van der Waals surface area (Å²) in [6, 6.07) is 2.69. The van der Waals surface area contributed by atoms with Crippen LogP contribution >= 0.6 is 11.6 Å². The zero-order chi connectivity index (χ0) is 8.10. The molecule has 0 aliphatic rings. The second kappa shape index (κ2) is 4.42. The molecule has 0 spiro atoms. The van der Waals surface area contributed by atoms with Crippen molar-refractivity contribution in [2.45, 2.75) is 6.42 Å². The van der Waals surface area contributed by atoms with Crippen molar-refractivity contribution in [1.29, 1.82) is 0 Å². The minimum Gasteiger partial charge on any atom is -0.367 e. The third kappa shape index (κ3) is 2.95. The number of likely N-dealkylation sites (N-methyl/N-ethyl adjacent to an activating group) is 1. The highest BCUT2D eigenvalue weighted by molar-refractivity contribution is 6.17. The van der Waals surface area contributed by atoms with Crippen molar-refractivity contribution in [2.75, 3.05) is 19.6 Å².